The normalized spacial score (nSPS) is 21.0. The first-order chi connectivity index (χ1) is 18.9. The minimum absolute atomic E-state index is 0.0537. The van der Waals surface area contributed by atoms with E-state index >= 15 is 0 Å². The van der Waals surface area contributed by atoms with Gasteiger partial charge < -0.3 is 29.0 Å². The summed E-state index contributed by atoms with van der Waals surface area (Å²) >= 11 is 0. The Morgan fingerprint density at radius 3 is 2.54 bits per heavy atom. The van der Waals surface area contributed by atoms with Gasteiger partial charge in [-0.2, -0.15) is 0 Å². The molecule has 1 atom stereocenters. The summed E-state index contributed by atoms with van der Waals surface area (Å²) in [6.07, 6.45) is 0.909. The van der Waals surface area contributed by atoms with Gasteiger partial charge in [-0.1, -0.05) is 26.0 Å². The number of benzene rings is 2. The van der Waals surface area contributed by atoms with E-state index in [0.717, 1.165) is 19.5 Å². The highest BCUT2D eigenvalue weighted by Crippen LogP contribution is 2.41. The molecule has 3 aliphatic rings. The molecule has 5 rings (SSSR count). The molecule has 208 valence electrons. The molecular weight excluding hydrogens is 500 g/mol. The Balaban J connectivity index is 1.50. The van der Waals surface area contributed by atoms with Crippen LogP contribution in [0.4, 0.5) is 0 Å². The number of rotatable bonds is 9. The lowest BCUT2D eigenvalue weighted by molar-refractivity contribution is -0.140. The number of aliphatic hydroxyl groups is 1. The second kappa shape index (κ2) is 12.1. The molecule has 2 aromatic carbocycles. The number of Topliss-reactive ketones (excluding diaryl/α,β-unsaturated/α-hetero) is 1. The fourth-order valence-corrected chi connectivity index (χ4v) is 5.06. The van der Waals surface area contributed by atoms with E-state index in [4.69, 9.17) is 18.9 Å². The Hall–Kier alpha value is -3.56. The molecule has 1 N–H and O–H groups in total. The Morgan fingerprint density at radius 1 is 1.00 bits per heavy atom. The largest absolute Gasteiger partial charge is 0.507 e. The number of carbonyl (C=O) groups excluding carboxylic acids is 2. The highest BCUT2D eigenvalue weighted by Gasteiger charge is 2.46. The van der Waals surface area contributed by atoms with Crippen molar-refractivity contribution >= 4 is 17.4 Å². The summed E-state index contributed by atoms with van der Waals surface area (Å²) in [6.45, 7) is 9.44. The minimum Gasteiger partial charge on any atom is -0.507 e. The van der Waals surface area contributed by atoms with Crippen molar-refractivity contribution in [3.8, 4) is 17.2 Å². The van der Waals surface area contributed by atoms with Crippen molar-refractivity contribution in [1.82, 2.24) is 9.80 Å². The molecule has 0 bridgehead atoms. The van der Waals surface area contributed by atoms with Gasteiger partial charge >= 0.3 is 0 Å². The van der Waals surface area contributed by atoms with Crippen molar-refractivity contribution in [2.75, 3.05) is 59.2 Å². The molecule has 0 radical (unpaired) electrons. The number of fused-ring (bicyclic) bond motifs is 1. The number of likely N-dealkylation sites (tertiary alicyclic amines) is 1. The summed E-state index contributed by atoms with van der Waals surface area (Å²) in [5.74, 6) is 0.655. The van der Waals surface area contributed by atoms with Crippen LogP contribution in [0.3, 0.4) is 0 Å². The molecule has 2 fully saturated rings. The monoisotopic (exact) mass is 536 g/mol. The van der Waals surface area contributed by atoms with E-state index in [0.29, 0.717) is 80.4 Å². The molecule has 9 heteroatoms. The van der Waals surface area contributed by atoms with Gasteiger partial charge in [0.15, 0.2) is 11.5 Å². The molecule has 0 aromatic heterocycles. The highest BCUT2D eigenvalue weighted by atomic mass is 16.6. The number of amides is 1. The molecule has 0 saturated carbocycles. The van der Waals surface area contributed by atoms with Crippen LogP contribution in [0, 0.1) is 5.92 Å². The quantitative estimate of drug-likeness (QED) is 0.295. The van der Waals surface area contributed by atoms with Gasteiger partial charge in [0.25, 0.3) is 11.7 Å². The van der Waals surface area contributed by atoms with Gasteiger partial charge in [0.1, 0.15) is 24.7 Å². The second-order valence-corrected chi connectivity index (χ2v) is 10.4. The van der Waals surface area contributed by atoms with Crippen LogP contribution in [0.2, 0.25) is 0 Å². The molecule has 9 nitrogen and oxygen atoms in total. The summed E-state index contributed by atoms with van der Waals surface area (Å²) in [5, 5.41) is 11.5. The fraction of sp³-hybridized carbons (Fsp3) is 0.467. The molecule has 2 aromatic rings. The standard InChI is InChI=1S/C30H36N2O7/c1-20(2)8-13-37-23-5-3-4-21(18-23)27-26(28(33)22-6-7-24-25(19-22)39-17-16-38-24)29(34)30(35)32(27)10-9-31-11-14-36-15-12-31/h3-7,18-20,27,33H,8-17H2,1-2H3/t27-/m1/s1. The zero-order valence-corrected chi connectivity index (χ0v) is 22.6. The lowest BCUT2D eigenvalue weighted by atomic mass is 9.95. The molecule has 0 spiro atoms. The Labute approximate surface area is 228 Å². The first kappa shape index (κ1) is 27.0. The van der Waals surface area contributed by atoms with Crippen LogP contribution in [0.15, 0.2) is 48.0 Å². The van der Waals surface area contributed by atoms with Crippen molar-refractivity contribution in [2.24, 2.45) is 5.92 Å². The van der Waals surface area contributed by atoms with Gasteiger partial charge in [0.05, 0.1) is 31.4 Å². The lowest BCUT2D eigenvalue weighted by Gasteiger charge is -2.31. The lowest BCUT2D eigenvalue weighted by Crippen LogP contribution is -2.42. The van der Waals surface area contributed by atoms with Crippen LogP contribution in [0.25, 0.3) is 5.76 Å². The summed E-state index contributed by atoms with van der Waals surface area (Å²) in [6, 6.07) is 11.7. The van der Waals surface area contributed by atoms with Crippen LogP contribution < -0.4 is 14.2 Å². The number of ketones is 1. The molecule has 3 aliphatic heterocycles. The van der Waals surface area contributed by atoms with Crippen molar-refractivity contribution < 1.29 is 33.6 Å². The molecule has 1 amide bonds. The maximum absolute atomic E-state index is 13.5. The molecule has 2 saturated heterocycles. The van der Waals surface area contributed by atoms with E-state index in [-0.39, 0.29) is 11.3 Å². The highest BCUT2D eigenvalue weighted by molar-refractivity contribution is 6.46. The molecule has 39 heavy (non-hydrogen) atoms. The van der Waals surface area contributed by atoms with E-state index in [1.54, 1.807) is 23.1 Å². The average Bonchev–Trinajstić information content (AvgIpc) is 3.21. The number of hydrogen-bond donors (Lipinski definition) is 1. The van der Waals surface area contributed by atoms with Crippen molar-refractivity contribution in [3.05, 3.63) is 59.2 Å². The number of carbonyl (C=O) groups is 2. The Bertz CT molecular complexity index is 1240. The number of nitrogens with zero attached hydrogens (tertiary/aromatic N) is 2. The van der Waals surface area contributed by atoms with Crippen molar-refractivity contribution in [3.63, 3.8) is 0 Å². The summed E-state index contributed by atoms with van der Waals surface area (Å²) < 4.78 is 22.7. The zero-order chi connectivity index (χ0) is 27.4. The van der Waals surface area contributed by atoms with E-state index < -0.39 is 17.7 Å². The molecular formula is C30H36N2O7. The predicted molar refractivity (Wildman–Crippen MR) is 145 cm³/mol. The van der Waals surface area contributed by atoms with E-state index in [1.165, 1.54) is 0 Å². The van der Waals surface area contributed by atoms with Crippen LogP contribution in [-0.2, 0) is 14.3 Å². The van der Waals surface area contributed by atoms with Gasteiger partial charge in [-0.15, -0.1) is 0 Å². The van der Waals surface area contributed by atoms with Crippen molar-refractivity contribution in [1.29, 1.82) is 0 Å². The number of morpholine rings is 1. The predicted octanol–water partition coefficient (Wildman–Crippen LogP) is 3.64. The summed E-state index contributed by atoms with van der Waals surface area (Å²) in [4.78, 5) is 30.6. The first-order valence-electron chi connectivity index (χ1n) is 13.6. The SMILES string of the molecule is CC(C)CCOc1cccc([C@@H]2C(=C(O)c3ccc4c(c3)OCCO4)C(=O)C(=O)N2CCN2CCOCC2)c1. The van der Waals surface area contributed by atoms with E-state index in [9.17, 15) is 14.7 Å². The first-order valence-corrected chi connectivity index (χ1v) is 13.6. The third-order valence-electron chi connectivity index (χ3n) is 7.25. The fourth-order valence-electron chi connectivity index (χ4n) is 5.06. The van der Waals surface area contributed by atoms with Gasteiger partial charge in [0, 0.05) is 31.7 Å². The minimum atomic E-state index is -0.757. The van der Waals surface area contributed by atoms with Crippen molar-refractivity contribution in [2.45, 2.75) is 26.3 Å². The Morgan fingerprint density at radius 2 is 1.77 bits per heavy atom. The molecule has 0 aliphatic carbocycles. The second-order valence-electron chi connectivity index (χ2n) is 10.4. The Kier molecular flexibility index (Phi) is 8.38. The van der Waals surface area contributed by atoms with Gasteiger partial charge in [-0.25, -0.2) is 0 Å². The van der Waals surface area contributed by atoms with E-state index in [2.05, 4.69) is 18.7 Å². The number of hydrogen-bond acceptors (Lipinski definition) is 8. The molecule has 3 heterocycles. The smallest absolute Gasteiger partial charge is 0.295 e. The average molecular weight is 537 g/mol. The van der Waals surface area contributed by atoms with Crippen LogP contribution in [0.1, 0.15) is 37.4 Å². The third kappa shape index (κ3) is 6.04. The summed E-state index contributed by atoms with van der Waals surface area (Å²) in [5.41, 5.74) is 1.15. The molecule has 0 unspecified atom stereocenters. The third-order valence-corrected chi connectivity index (χ3v) is 7.25. The number of ether oxygens (including phenoxy) is 4. The van der Waals surface area contributed by atoms with Gasteiger partial charge in [-0.05, 0) is 48.2 Å². The van der Waals surface area contributed by atoms with Gasteiger partial charge in [-0.3, -0.25) is 14.5 Å². The van der Waals surface area contributed by atoms with Crippen LogP contribution in [0.5, 0.6) is 17.2 Å². The van der Waals surface area contributed by atoms with Crippen LogP contribution >= 0.6 is 0 Å². The number of aliphatic hydroxyl groups excluding tert-OH is 1. The topological polar surface area (TPSA) is 97.8 Å². The van der Waals surface area contributed by atoms with E-state index in [1.807, 2.05) is 24.3 Å². The van der Waals surface area contributed by atoms with Crippen LogP contribution in [-0.4, -0.2) is 85.8 Å². The maximum atomic E-state index is 13.5. The van der Waals surface area contributed by atoms with Gasteiger partial charge in [0.2, 0.25) is 0 Å². The summed E-state index contributed by atoms with van der Waals surface area (Å²) in [7, 11) is 0. The maximum Gasteiger partial charge on any atom is 0.295 e. The zero-order valence-electron chi connectivity index (χ0n) is 22.6.